The lowest BCUT2D eigenvalue weighted by Gasteiger charge is -1.95. The van der Waals surface area contributed by atoms with E-state index < -0.39 is 6.03 Å². The molecular formula is C9H10ClN3O. The first-order chi connectivity index (χ1) is 6.68. The quantitative estimate of drug-likeness (QED) is 0.578. The summed E-state index contributed by atoms with van der Waals surface area (Å²) in [6.45, 7) is 0. The van der Waals surface area contributed by atoms with Crippen molar-refractivity contribution in [3.05, 3.63) is 34.9 Å². The Labute approximate surface area is 86.7 Å². The molecule has 0 aliphatic carbocycles. The minimum atomic E-state index is -0.669. The molecule has 0 aliphatic heterocycles. The maximum Gasteiger partial charge on any atom is 0.332 e. The molecule has 2 amide bonds. The van der Waals surface area contributed by atoms with Crippen molar-refractivity contribution in [3.63, 3.8) is 0 Å². The van der Waals surface area contributed by atoms with E-state index in [0.29, 0.717) is 11.4 Å². The van der Waals surface area contributed by atoms with Crippen LogP contribution >= 0.6 is 11.6 Å². The zero-order chi connectivity index (χ0) is 10.4. The fourth-order valence-electron chi connectivity index (χ4n) is 0.881. The first kappa shape index (κ1) is 10.5. The van der Waals surface area contributed by atoms with Crippen molar-refractivity contribution in [3.8, 4) is 0 Å². The van der Waals surface area contributed by atoms with Gasteiger partial charge in [-0.1, -0.05) is 23.7 Å². The molecule has 3 N–H and O–H groups in total. The minimum Gasteiger partial charge on any atom is -0.350 e. The minimum absolute atomic E-state index is 0.622. The van der Waals surface area contributed by atoms with E-state index in [-0.39, 0.29) is 0 Å². The number of carbonyl (C=O) groups excluding carboxylic acids is 1. The van der Waals surface area contributed by atoms with Gasteiger partial charge in [-0.2, -0.15) is 5.10 Å². The van der Waals surface area contributed by atoms with Crippen LogP contribution in [0.25, 0.3) is 0 Å². The van der Waals surface area contributed by atoms with Crippen molar-refractivity contribution in [2.24, 2.45) is 10.8 Å². The molecule has 1 rings (SSSR count). The number of hydrogen-bond acceptors (Lipinski definition) is 2. The number of primary amides is 1. The van der Waals surface area contributed by atoms with Crippen LogP contribution in [0.5, 0.6) is 0 Å². The lowest BCUT2D eigenvalue weighted by Crippen LogP contribution is -2.24. The van der Waals surface area contributed by atoms with Crippen LogP contribution in [0.2, 0.25) is 5.02 Å². The highest BCUT2D eigenvalue weighted by atomic mass is 35.5. The molecule has 0 fully saturated rings. The number of urea groups is 1. The highest BCUT2D eigenvalue weighted by Gasteiger charge is 1.90. The van der Waals surface area contributed by atoms with Crippen molar-refractivity contribution in [2.75, 3.05) is 0 Å². The average Bonchev–Trinajstić information content (AvgIpc) is 2.15. The van der Waals surface area contributed by atoms with Crippen LogP contribution in [0.4, 0.5) is 4.79 Å². The Morgan fingerprint density at radius 3 is 2.71 bits per heavy atom. The number of nitrogens with two attached hydrogens (primary N) is 1. The first-order valence-corrected chi connectivity index (χ1v) is 4.37. The van der Waals surface area contributed by atoms with Gasteiger partial charge in [0.05, 0.1) is 0 Å². The van der Waals surface area contributed by atoms with Crippen LogP contribution in [0.15, 0.2) is 29.4 Å². The summed E-state index contributed by atoms with van der Waals surface area (Å²) in [7, 11) is 0. The zero-order valence-corrected chi connectivity index (χ0v) is 8.16. The summed E-state index contributed by atoms with van der Waals surface area (Å²) in [4.78, 5) is 10.2. The highest BCUT2D eigenvalue weighted by molar-refractivity contribution is 6.30. The zero-order valence-electron chi connectivity index (χ0n) is 7.40. The van der Waals surface area contributed by atoms with Gasteiger partial charge in [-0.25, -0.2) is 10.2 Å². The van der Waals surface area contributed by atoms with Crippen LogP contribution in [-0.4, -0.2) is 12.2 Å². The van der Waals surface area contributed by atoms with Gasteiger partial charge in [-0.05, 0) is 17.7 Å². The summed E-state index contributed by atoms with van der Waals surface area (Å²) in [5.74, 6) is 0. The molecule has 4 nitrogen and oxygen atoms in total. The number of nitrogens with one attached hydrogen (secondary N) is 1. The molecule has 0 aromatic heterocycles. The van der Waals surface area contributed by atoms with Gasteiger partial charge < -0.3 is 5.73 Å². The van der Waals surface area contributed by atoms with E-state index in [9.17, 15) is 4.79 Å². The average molecular weight is 212 g/mol. The number of rotatable bonds is 3. The Balaban J connectivity index is 2.42. The predicted molar refractivity (Wildman–Crippen MR) is 56.4 cm³/mol. The molecule has 74 valence electrons. The number of benzene rings is 1. The number of hydrogen-bond donors (Lipinski definition) is 2. The maximum atomic E-state index is 10.2. The second-order valence-electron chi connectivity index (χ2n) is 2.62. The highest BCUT2D eigenvalue weighted by Crippen LogP contribution is 2.08. The van der Waals surface area contributed by atoms with E-state index in [1.807, 2.05) is 12.1 Å². The SMILES string of the molecule is NC(=O)NN=CCc1ccc(Cl)cc1. The molecule has 14 heavy (non-hydrogen) atoms. The molecule has 0 saturated carbocycles. The summed E-state index contributed by atoms with van der Waals surface area (Å²) in [5.41, 5.74) is 7.98. The van der Waals surface area contributed by atoms with Crippen LogP contribution in [0, 0.1) is 0 Å². The summed E-state index contributed by atoms with van der Waals surface area (Å²) >= 11 is 5.71. The predicted octanol–water partition coefficient (Wildman–Crippen LogP) is 1.54. The van der Waals surface area contributed by atoms with Crippen LogP contribution in [0.3, 0.4) is 0 Å². The third-order valence-electron chi connectivity index (χ3n) is 1.51. The van der Waals surface area contributed by atoms with Crippen molar-refractivity contribution in [2.45, 2.75) is 6.42 Å². The molecule has 0 aliphatic rings. The third kappa shape index (κ3) is 3.91. The van der Waals surface area contributed by atoms with Gasteiger partial charge in [-0.3, -0.25) is 0 Å². The van der Waals surface area contributed by atoms with E-state index in [1.54, 1.807) is 18.3 Å². The second kappa shape index (κ2) is 5.24. The molecular weight excluding hydrogens is 202 g/mol. The van der Waals surface area contributed by atoms with Crippen molar-refractivity contribution in [1.29, 1.82) is 0 Å². The number of nitrogens with zero attached hydrogens (tertiary/aromatic N) is 1. The summed E-state index contributed by atoms with van der Waals surface area (Å²) in [5, 5.41) is 4.30. The molecule has 0 bridgehead atoms. The maximum absolute atomic E-state index is 10.2. The molecule has 0 spiro atoms. The fraction of sp³-hybridized carbons (Fsp3) is 0.111. The molecule has 1 aromatic rings. The van der Waals surface area contributed by atoms with E-state index in [4.69, 9.17) is 17.3 Å². The molecule has 1 aromatic carbocycles. The standard InChI is InChI=1S/C9H10ClN3O/c10-8-3-1-7(2-4-8)5-6-12-13-9(11)14/h1-4,6H,5H2,(H3,11,13,14). The number of halogens is 1. The lowest BCUT2D eigenvalue weighted by molar-refractivity contribution is 0.249. The van der Waals surface area contributed by atoms with E-state index in [0.717, 1.165) is 5.56 Å². The third-order valence-corrected chi connectivity index (χ3v) is 1.76. The van der Waals surface area contributed by atoms with E-state index >= 15 is 0 Å². The van der Waals surface area contributed by atoms with Crippen molar-refractivity contribution < 1.29 is 4.79 Å². The molecule has 0 saturated heterocycles. The van der Waals surface area contributed by atoms with Gasteiger partial charge in [0, 0.05) is 17.7 Å². The number of carbonyl (C=O) groups is 1. The molecule has 0 unspecified atom stereocenters. The van der Waals surface area contributed by atoms with Gasteiger partial charge in [0.2, 0.25) is 0 Å². The smallest absolute Gasteiger partial charge is 0.332 e. The van der Waals surface area contributed by atoms with Crippen LogP contribution in [-0.2, 0) is 6.42 Å². The fourth-order valence-corrected chi connectivity index (χ4v) is 1.01. The molecule has 0 heterocycles. The Bertz CT molecular complexity index is 334. The largest absolute Gasteiger partial charge is 0.350 e. The summed E-state index contributed by atoms with van der Waals surface area (Å²) in [6, 6.07) is 6.70. The van der Waals surface area contributed by atoms with Gasteiger partial charge >= 0.3 is 6.03 Å². The van der Waals surface area contributed by atoms with Crippen molar-refractivity contribution in [1.82, 2.24) is 5.43 Å². The van der Waals surface area contributed by atoms with Crippen LogP contribution in [0.1, 0.15) is 5.56 Å². The van der Waals surface area contributed by atoms with Gasteiger partial charge in [0.1, 0.15) is 0 Å². The normalized spacial score (nSPS) is 10.4. The Morgan fingerprint density at radius 2 is 2.14 bits per heavy atom. The van der Waals surface area contributed by atoms with E-state index in [1.165, 1.54) is 0 Å². The number of amides is 2. The van der Waals surface area contributed by atoms with E-state index in [2.05, 4.69) is 10.5 Å². The summed E-state index contributed by atoms with van der Waals surface area (Å²) < 4.78 is 0. The Morgan fingerprint density at radius 1 is 1.50 bits per heavy atom. The van der Waals surface area contributed by atoms with Gasteiger partial charge in [0.15, 0.2) is 0 Å². The molecule has 5 heteroatoms. The second-order valence-corrected chi connectivity index (χ2v) is 3.05. The van der Waals surface area contributed by atoms with Gasteiger partial charge in [-0.15, -0.1) is 0 Å². The lowest BCUT2D eigenvalue weighted by atomic mass is 10.2. The monoisotopic (exact) mass is 211 g/mol. The van der Waals surface area contributed by atoms with Crippen LogP contribution < -0.4 is 11.2 Å². The Hall–Kier alpha value is -1.55. The van der Waals surface area contributed by atoms with Gasteiger partial charge in [0.25, 0.3) is 0 Å². The Kier molecular flexibility index (Phi) is 3.94. The summed E-state index contributed by atoms with van der Waals surface area (Å²) in [6.07, 6.45) is 2.19. The topological polar surface area (TPSA) is 67.5 Å². The van der Waals surface area contributed by atoms with Crippen molar-refractivity contribution >= 4 is 23.8 Å². The number of hydrazone groups is 1. The molecule has 0 radical (unpaired) electrons. The first-order valence-electron chi connectivity index (χ1n) is 4.00. The molecule has 0 atom stereocenters.